The highest BCUT2D eigenvalue weighted by molar-refractivity contribution is 6.36. The van der Waals surface area contributed by atoms with Crippen LogP contribution in [0.3, 0.4) is 0 Å². The molecule has 0 unspecified atom stereocenters. The smallest absolute Gasteiger partial charge is 0.258 e. The number of anilines is 1. The predicted octanol–water partition coefficient (Wildman–Crippen LogP) is 4.98. The van der Waals surface area contributed by atoms with Crippen LogP contribution in [-0.2, 0) is 6.42 Å². The van der Waals surface area contributed by atoms with Gasteiger partial charge in [0.25, 0.3) is 5.88 Å². The molecule has 1 atom stereocenters. The molecule has 5 rings (SSSR count). The Bertz CT molecular complexity index is 1200. The van der Waals surface area contributed by atoms with Gasteiger partial charge in [-0.25, -0.2) is 14.4 Å². The number of aromatic nitrogens is 2. The maximum absolute atomic E-state index is 13.9. The lowest BCUT2D eigenvalue weighted by Crippen LogP contribution is -2.64. The minimum Gasteiger partial charge on any atom is -0.484 e. The zero-order valence-electron chi connectivity index (χ0n) is 17.3. The van der Waals surface area contributed by atoms with Gasteiger partial charge >= 0.3 is 0 Å². The summed E-state index contributed by atoms with van der Waals surface area (Å²) < 4.78 is 26.1. The lowest BCUT2D eigenvalue weighted by Gasteiger charge is -2.45. The van der Waals surface area contributed by atoms with Crippen molar-refractivity contribution in [3.8, 4) is 22.9 Å². The van der Waals surface area contributed by atoms with E-state index in [4.69, 9.17) is 38.4 Å². The molecule has 3 N–H and O–H groups in total. The third-order valence-electron chi connectivity index (χ3n) is 5.97. The Balaban J connectivity index is 1.42. The Morgan fingerprint density at radius 1 is 1.25 bits per heavy atom. The third kappa shape index (κ3) is 3.74. The second kappa shape index (κ2) is 8.06. The first kappa shape index (κ1) is 21.2. The summed E-state index contributed by atoms with van der Waals surface area (Å²) >= 11 is 12.3. The number of nitrogens with one attached hydrogen (secondary N) is 1. The SMILES string of the molecule is C[C@@H](Oc1nc(-c2ccc3c(c2)CCC2(CNC2)O3)cnc1N)c1c(Cl)ccc(F)c1Cl. The van der Waals surface area contributed by atoms with Crippen LogP contribution in [0.25, 0.3) is 11.3 Å². The van der Waals surface area contributed by atoms with Gasteiger partial charge in [-0.1, -0.05) is 23.2 Å². The second-order valence-corrected chi connectivity index (χ2v) is 8.96. The number of nitrogens with two attached hydrogens (primary N) is 1. The number of rotatable bonds is 4. The Kier molecular flexibility index (Phi) is 5.35. The van der Waals surface area contributed by atoms with Gasteiger partial charge in [0.1, 0.15) is 23.3 Å². The minimum absolute atomic E-state index is 0.0634. The summed E-state index contributed by atoms with van der Waals surface area (Å²) in [6, 6.07) is 8.61. The van der Waals surface area contributed by atoms with Crippen LogP contribution in [0, 0.1) is 5.82 Å². The summed E-state index contributed by atoms with van der Waals surface area (Å²) in [4.78, 5) is 8.79. The molecule has 0 saturated carbocycles. The molecule has 32 heavy (non-hydrogen) atoms. The highest BCUT2D eigenvalue weighted by Crippen LogP contribution is 2.39. The molecule has 2 aliphatic heterocycles. The van der Waals surface area contributed by atoms with Crippen molar-refractivity contribution < 1.29 is 13.9 Å². The number of ether oxygens (including phenoxy) is 2. The summed E-state index contributed by atoms with van der Waals surface area (Å²) in [7, 11) is 0. The normalized spacial score (nSPS) is 17.2. The van der Waals surface area contributed by atoms with Crippen LogP contribution < -0.4 is 20.5 Å². The van der Waals surface area contributed by atoms with E-state index in [0.717, 1.165) is 42.8 Å². The fourth-order valence-corrected chi connectivity index (χ4v) is 4.76. The molecule has 3 heterocycles. The van der Waals surface area contributed by atoms with Gasteiger partial charge in [0, 0.05) is 29.2 Å². The van der Waals surface area contributed by atoms with Gasteiger partial charge in [-0.2, -0.15) is 0 Å². The van der Waals surface area contributed by atoms with Crippen LogP contribution >= 0.6 is 23.2 Å². The molecule has 166 valence electrons. The molecule has 0 aliphatic carbocycles. The standard InChI is InChI=1S/C23H21Cl2FN4O2/c1-12(19-15(24)3-4-16(26)20(19)25)31-22-21(27)29-9-17(30-22)13-2-5-18-14(8-13)6-7-23(32-18)10-28-11-23/h2-5,8-9,12,28H,6-7,10-11H2,1H3,(H2,27,29)/t12-/m1/s1. The number of aryl methyl sites for hydroxylation is 1. The van der Waals surface area contributed by atoms with E-state index in [0.29, 0.717) is 16.3 Å². The number of fused-ring (bicyclic) bond motifs is 1. The number of halogens is 3. The lowest BCUT2D eigenvalue weighted by molar-refractivity contribution is -0.00229. The topological polar surface area (TPSA) is 82.3 Å². The molecule has 3 aromatic rings. The molecule has 1 spiro atoms. The predicted molar refractivity (Wildman–Crippen MR) is 122 cm³/mol. The number of hydrogen-bond acceptors (Lipinski definition) is 6. The summed E-state index contributed by atoms with van der Waals surface area (Å²) in [6.07, 6.45) is 2.81. The van der Waals surface area contributed by atoms with Gasteiger partial charge in [-0.15, -0.1) is 0 Å². The van der Waals surface area contributed by atoms with Crippen molar-refractivity contribution in [3.63, 3.8) is 0 Å². The van der Waals surface area contributed by atoms with Crippen molar-refractivity contribution in [3.05, 3.63) is 63.5 Å². The van der Waals surface area contributed by atoms with E-state index in [-0.39, 0.29) is 22.3 Å². The average Bonchev–Trinajstić information content (AvgIpc) is 2.76. The fraction of sp³-hybridized carbons (Fsp3) is 0.304. The van der Waals surface area contributed by atoms with E-state index < -0.39 is 11.9 Å². The first-order chi connectivity index (χ1) is 15.3. The van der Waals surface area contributed by atoms with E-state index in [1.807, 2.05) is 12.1 Å². The largest absolute Gasteiger partial charge is 0.484 e. The van der Waals surface area contributed by atoms with Crippen molar-refractivity contribution in [1.82, 2.24) is 15.3 Å². The molecule has 1 saturated heterocycles. The van der Waals surface area contributed by atoms with E-state index in [1.165, 1.54) is 12.1 Å². The Hall–Kier alpha value is -2.61. The quantitative estimate of drug-likeness (QED) is 0.518. The van der Waals surface area contributed by atoms with Crippen molar-refractivity contribution in [1.29, 1.82) is 0 Å². The molecular weight excluding hydrogens is 454 g/mol. The molecule has 0 radical (unpaired) electrons. The van der Waals surface area contributed by atoms with Gasteiger partial charge in [-0.05, 0) is 55.7 Å². The summed E-state index contributed by atoms with van der Waals surface area (Å²) in [5, 5.41) is 3.48. The molecular formula is C23H21Cl2FN4O2. The number of hydrogen-bond donors (Lipinski definition) is 2. The van der Waals surface area contributed by atoms with Gasteiger partial charge in [-0.3, -0.25) is 0 Å². The van der Waals surface area contributed by atoms with Crippen molar-refractivity contribution in [2.75, 3.05) is 18.8 Å². The van der Waals surface area contributed by atoms with Crippen LogP contribution in [0.2, 0.25) is 10.0 Å². The first-order valence-electron chi connectivity index (χ1n) is 10.3. The Morgan fingerprint density at radius 3 is 2.81 bits per heavy atom. The van der Waals surface area contributed by atoms with E-state index in [2.05, 4.69) is 21.4 Å². The zero-order chi connectivity index (χ0) is 22.5. The number of benzene rings is 2. The van der Waals surface area contributed by atoms with Crippen LogP contribution in [0.15, 0.2) is 36.5 Å². The lowest BCUT2D eigenvalue weighted by atomic mass is 9.86. The molecule has 6 nitrogen and oxygen atoms in total. The number of nitrogen functional groups attached to an aromatic ring is 1. The summed E-state index contributed by atoms with van der Waals surface area (Å²) in [5.74, 6) is 0.570. The molecule has 1 fully saturated rings. The van der Waals surface area contributed by atoms with Crippen LogP contribution in [0.5, 0.6) is 11.6 Å². The molecule has 1 aromatic heterocycles. The van der Waals surface area contributed by atoms with Gasteiger partial charge in [0.15, 0.2) is 5.82 Å². The maximum Gasteiger partial charge on any atom is 0.258 e. The van der Waals surface area contributed by atoms with Gasteiger partial charge in [0.2, 0.25) is 0 Å². The first-order valence-corrected chi connectivity index (χ1v) is 11.1. The van der Waals surface area contributed by atoms with Crippen molar-refractivity contribution in [2.24, 2.45) is 0 Å². The Labute approximate surface area is 194 Å². The minimum atomic E-state index is -0.693. The average molecular weight is 475 g/mol. The number of nitrogens with zero attached hydrogens (tertiary/aromatic N) is 2. The Morgan fingerprint density at radius 2 is 2.06 bits per heavy atom. The zero-order valence-corrected chi connectivity index (χ0v) is 18.8. The van der Waals surface area contributed by atoms with Gasteiger partial charge < -0.3 is 20.5 Å². The van der Waals surface area contributed by atoms with E-state index in [1.54, 1.807) is 13.1 Å². The molecule has 2 aliphatic rings. The highest BCUT2D eigenvalue weighted by Gasteiger charge is 2.41. The molecule has 0 bridgehead atoms. The monoisotopic (exact) mass is 474 g/mol. The van der Waals surface area contributed by atoms with Crippen LogP contribution in [-0.4, -0.2) is 28.7 Å². The molecule has 0 amide bonds. The van der Waals surface area contributed by atoms with Crippen molar-refractivity contribution >= 4 is 29.0 Å². The molecule has 2 aromatic carbocycles. The highest BCUT2D eigenvalue weighted by atomic mass is 35.5. The van der Waals surface area contributed by atoms with Gasteiger partial charge in [0.05, 0.1) is 16.9 Å². The fourth-order valence-electron chi connectivity index (χ4n) is 4.08. The molecule has 9 heteroatoms. The summed E-state index contributed by atoms with van der Waals surface area (Å²) in [6.45, 7) is 3.47. The maximum atomic E-state index is 13.9. The van der Waals surface area contributed by atoms with E-state index >= 15 is 0 Å². The van der Waals surface area contributed by atoms with Crippen LogP contribution in [0.4, 0.5) is 10.2 Å². The third-order valence-corrected chi connectivity index (χ3v) is 6.68. The summed E-state index contributed by atoms with van der Waals surface area (Å²) in [5.41, 5.74) is 8.87. The van der Waals surface area contributed by atoms with E-state index in [9.17, 15) is 4.39 Å². The van der Waals surface area contributed by atoms with Crippen LogP contribution in [0.1, 0.15) is 30.6 Å². The van der Waals surface area contributed by atoms with Crippen molar-refractivity contribution in [2.45, 2.75) is 31.5 Å². The second-order valence-electron chi connectivity index (χ2n) is 8.17.